The molecule has 4 rings (SSSR count). The summed E-state index contributed by atoms with van der Waals surface area (Å²) in [7, 11) is 0. The van der Waals surface area contributed by atoms with E-state index in [9.17, 15) is 9.59 Å². The molecule has 5 heteroatoms. The van der Waals surface area contributed by atoms with Gasteiger partial charge >= 0.3 is 0 Å². The zero-order chi connectivity index (χ0) is 19.5. The van der Waals surface area contributed by atoms with E-state index in [4.69, 9.17) is 0 Å². The molecule has 28 heavy (non-hydrogen) atoms. The quantitative estimate of drug-likeness (QED) is 0.823. The van der Waals surface area contributed by atoms with Crippen LogP contribution in [0.4, 0.5) is 5.69 Å². The van der Waals surface area contributed by atoms with Gasteiger partial charge < -0.3 is 9.80 Å². The summed E-state index contributed by atoms with van der Waals surface area (Å²) in [6.45, 7) is 6.67. The first kappa shape index (κ1) is 18.7. The highest BCUT2D eigenvalue weighted by molar-refractivity contribution is 6.00. The highest BCUT2D eigenvalue weighted by atomic mass is 16.2. The van der Waals surface area contributed by atoms with Crippen molar-refractivity contribution < 1.29 is 9.59 Å². The predicted molar refractivity (Wildman–Crippen MR) is 110 cm³/mol. The minimum Gasteiger partial charge on any atom is -0.340 e. The summed E-state index contributed by atoms with van der Waals surface area (Å²) in [5.74, 6) is -0.0540. The number of amides is 2. The summed E-state index contributed by atoms with van der Waals surface area (Å²) >= 11 is 0. The Morgan fingerprint density at radius 3 is 2.32 bits per heavy atom. The van der Waals surface area contributed by atoms with Crippen molar-refractivity contribution in [1.82, 2.24) is 9.80 Å². The molecule has 2 saturated heterocycles. The molecule has 2 aliphatic heterocycles. The second-order valence-corrected chi connectivity index (χ2v) is 7.83. The monoisotopic (exact) mass is 377 g/mol. The van der Waals surface area contributed by atoms with E-state index in [1.807, 2.05) is 42.2 Å². The van der Waals surface area contributed by atoms with Crippen LogP contribution in [0.25, 0.3) is 0 Å². The molecule has 2 aromatic rings. The number of piperazine rings is 1. The van der Waals surface area contributed by atoms with E-state index >= 15 is 0 Å². The largest absolute Gasteiger partial charge is 0.340 e. The lowest BCUT2D eigenvalue weighted by Crippen LogP contribution is -2.50. The fraction of sp³-hybridized carbons (Fsp3) is 0.391. The van der Waals surface area contributed by atoms with Gasteiger partial charge in [0.2, 0.25) is 11.8 Å². The van der Waals surface area contributed by atoms with Crippen molar-refractivity contribution >= 4 is 17.5 Å². The van der Waals surface area contributed by atoms with Gasteiger partial charge in [0.25, 0.3) is 0 Å². The molecule has 0 N–H and O–H groups in total. The smallest absolute Gasteiger partial charge is 0.228 e. The van der Waals surface area contributed by atoms with Crippen LogP contribution >= 0.6 is 0 Å². The number of benzene rings is 2. The van der Waals surface area contributed by atoms with Crippen LogP contribution in [0.3, 0.4) is 0 Å². The van der Waals surface area contributed by atoms with Crippen LogP contribution in [0.5, 0.6) is 0 Å². The number of carbonyl (C=O) groups excluding carboxylic acids is 2. The molecule has 2 heterocycles. The summed E-state index contributed by atoms with van der Waals surface area (Å²) in [6, 6.07) is 18.4. The molecule has 0 bridgehead atoms. The van der Waals surface area contributed by atoms with Crippen LogP contribution < -0.4 is 4.90 Å². The molecule has 0 spiro atoms. The van der Waals surface area contributed by atoms with Gasteiger partial charge in [-0.25, -0.2) is 0 Å². The Balaban J connectivity index is 1.32. The molecular weight excluding hydrogens is 350 g/mol. The van der Waals surface area contributed by atoms with Crippen molar-refractivity contribution in [2.24, 2.45) is 5.92 Å². The standard InChI is InChI=1S/C23H27N3O2/c1-18-7-9-21(10-8-18)26-17-20(15-22(26)27)23(28)25-13-11-24(12-14-25)16-19-5-3-2-4-6-19/h2-10,20H,11-17H2,1H3/t20-/m0/s1. The first-order valence-electron chi connectivity index (χ1n) is 10.0. The molecule has 2 aliphatic rings. The lowest BCUT2D eigenvalue weighted by atomic mass is 10.1. The normalized spacial score (nSPS) is 20.6. The van der Waals surface area contributed by atoms with Crippen LogP contribution in [0.15, 0.2) is 54.6 Å². The summed E-state index contributed by atoms with van der Waals surface area (Å²) in [5, 5.41) is 0. The van der Waals surface area contributed by atoms with E-state index in [2.05, 4.69) is 29.2 Å². The van der Waals surface area contributed by atoms with Crippen LogP contribution in [0.1, 0.15) is 17.5 Å². The van der Waals surface area contributed by atoms with Gasteiger partial charge in [0, 0.05) is 51.4 Å². The molecule has 0 radical (unpaired) electrons. The predicted octanol–water partition coefficient (Wildman–Crippen LogP) is 2.69. The average molecular weight is 377 g/mol. The molecule has 1 atom stereocenters. The minimum atomic E-state index is -0.227. The number of rotatable bonds is 4. The maximum Gasteiger partial charge on any atom is 0.228 e. The van der Waals surface area contributed by atoms with Crippen molar-refractivity contribution in [3.8, 4) is 0 Å². The van der Waals surface area contributed by atoms with Crippen LogP contribution in [-0.4, -0.2) is 54.3 Å². The van der Waals surface area contributed by atoms with E-state index in [1.54, 1.807) is 4.90 Å². The van der Waals surface area contributed by atoms with Crippen molar-refractivity contribution in [2.75, 3.05) is 37.6 Å². The van der Waals surface area contributed by atoms with Crippen molar-refractivity contribution in [2.45, 2.75) is 19.9 Å². The Kier molecular flexibility index (Phi) is 5.44. The van der Waals surface area contributed by atoms with Crippen molar-refractivity contribution in [3.63, 3.8) is 0 Å². The Hall–Kier alpha value is -2.66. The minimum absolute atomic E-state index is 0.0462. The van der Waals surface area contributed by atoms with Crippen LogP contribution in [0.2, 0.25) is 0 Å². The summed E-state index contributed by atoms with van der Waals surface area (Å²) < 4.78 is 0. The Morgan fingerprint density at radius 2 is 1.64 bits per heavy atom. The lowest BCUT2D eigenvalue weighted by molar-refractivity contribution is -0.137. The number of aryl methyl sites for hydroxylation is 1. The average Bonchev–Trinajstić information content (AvgIpc) is 3.11. The molecule has 0 aliphatic carbocycles. The molecule has 2 fully saturated rings. The van der Waals surface area contributed by atoms with E-state index in [0.29, 0.717) is 13.0 Å². The van der Waals surface area contributed by atoms with Crippen LogP contribution in [0, 0.1) is 12.8 Å². The molecule has 5 nitrogen and oxygen atoms in total. The first-order chi connectivity index (χ1) is 13.6. The Bertz CT molecular complexity index is 827. The third kappa shape index (κ3) is 4.09. The number of hydrogen-bond acceptors (Lipinski definition) is 3. The summed E-state index contributed by atoms with van der Waals surface area (Å²) in [5.41, 5.74) is 3.35. The van der Waals surface area contributed by atoms with Gasteiger partial charge in [0.05, 0.1) is 5.92 Å². The molecule has 2 aromatic carbocycles. The maximum atomic E-state index is 13.0. The molecule has 0 saturated carbocycles. The Morgan fingerprint density at radius 1 is 0.964 bits per heavy atom. The van der Waals surface area contributed by atoms with Gasteiger partial charge in [-0.15, -0.1) is 0 Å². The topological polar surface area (TPSA) is 43.9 Å². The molecule has 0 unspecified atom stereocenters. The third-order valence-corrected chi connectivity index (χ3v) is 5.75. The molecule has 146 valence electrons. The lowest BCUT2D eigenvalue weighted by Gasteiger charge is -2.36. The SMILES string of the molecule is Cc1ccc(N2C[C@@H](C(=O)N3CCN(Cc4ccccc4)CC3)CC2=O)cc1. The van der Waals surface area contributed by atoms with E-state index < -0.39 is 0 Å². The van der Waals surface area contributed by atoms with E-state index in [-0.39, 0.29) is 17.7 Å². The van der Waals surface area contributed by atoms with Crippen molar-refractivity contribution in [1.29, 1.82) is 0 Å². The van der Waals surface area contributed by atoms with Gasteiger partial charge in [-0.2, -0.15) is 0 Å². The van der Waals surface area contributed by atoms with E-state index in [0.717, 1.165) is 44.0 Å². The fourth-order valence-corrected chi connectivity index (χ4v) is 4.07. The second-order valence-electron chi connectivity index (χ2n) is 7.83. The zero-order valence-corrected chi connectivity index (χ0v) is 16.4. The van der Waals surface area contributed by atoms with Gasteiger partial charge in [-0.1, -0.05) is 48.0 Å². The number of nitrogens with zero attached hydrogens (tertiary/aromatic N) is 3. The summed E-state index contributed by atoms with van der Waals surface area (Å²) in [6.07, 6.45) is 0.316. The van der Waals surface area contributed by atoms with E-state index in [1.165, 1.54) is 5.56 Å². The molecule has 0 aromatic heterocycles. The van der Waals surface area contributed by atoms with Gasteiger partial charge in [0.15, 0.2) is 0 Å². The highest BCUT2D eigenvalue weighted by Gasteiger charge is 2.37. The summed E-state index contributed by atoms with van der Waals surface area (Å²) in [4.78, 5) is 31.5. The number of carbonyl (C=O) groups is 2. The second kappa shape index (κ2) is 8.15. The number of hydrogen-bond donors (Lipinski definition) is 0. The highest BCUT2D eigenvalue weighted by Crippen LogP contribution is 2.27. The van der Waals surface area contributed by atoms with Crippen LogP contribution in [-0.2, 0) is 16.1 Å². The van der Waals surface area contributed by atoms with Gasteiger partial charge in [-0.3, -0.25) is 14.5 Å². The molecule has 2 amide bonds. The Labute approximate surface area is 166 Å². The maximum absolute atomic E-state index is 13.0. The zero-order valence-electron chi connectivity index (χ0n) is 16.4. The van der Waals surface area contributed by atoms with Gasteiger partial charge in [-0.05, 0) is 24.6 Å². The van der Waals surface area contributed by atoms with Gasteiger partial charge in [0.1, 0.15) is 0 Å². The van der Waals surface area contributed by atoms with Crippen molar-refractivity contribution in [3.05, 3.63) is 65.7 Å². The molecular formula is C23H27N3O2. The number of anilines is 1. The fourth-order valence-electron chi connectivity index (χ4n) is 4.07. The first-order valence-corrected chi connectivity index (χ1v) is 10.0. The third-order valence-electron chi connectivity index (χ3n) is 5.75.